The van der Waals surface area contributed by atoms with Gasteiger partial charge in [-0.25, -0.2) is 9.78 Å². The molecular formula is C16H17N3O2. The lowest BCUT2D eigenvalue weighted by molar-refractivity contribution is 0.253. The van der Waals surface area contributed by atoms with Crippen LogP contribution in [0.3, 0.4) is 0 Å². The summed E-state index contributed by atoms with van der Waals surface area (Å²) in [6.07, 6.45) is 2.54. The largest absolute Gasteiger partial charge is 0.481 e. The molecule has 2 aromatic rings. The van der Waals surface area contributed by atoms with Gasteiger partial charge < -0.3 is 4.74 Å². The molecule has 2 heterocycles. The molecule has 1 aliphatic heterocycles. The number of fused-ring (bicyclic) bond motifs is 1. The van der Waals surface area contributed by atoms with E-state index in [-0.39, 0.29) is 6.03 Å². The van der Waals surface area contributed by atoms with Crippen molar-refractivity contribution in [1.82, 2.24) is 4.98 Å². The summed E-state index contributed by atoms with van der Waals surface area (Å²) in [5.41, 5.74) is 2.95. The molecule has 0 aliphatic carbocycles. The van der Waals surface area contributed by atoms with Crippen LogP contribution in [0.25, 0.3) is 0 Å². The molecule has 0 radical (unpaired) electrons. The number of rotatable bonds is 2. The summed E-state index contributed by atoms with van der Waals surface area (Å²) in [7, 11) is 3.32. The fraction of sp³-hybridized carbons (Fsp3) is 0.250. The summed E-state index contributed by atoms with van der Waals surface area (Å²) >= 11 is 0. The molecule has 0 fully saturated rings. The van der Waals surface area contributed by atoms with Gasteiger partial charge in [-0.3, -0.25) is 9.80 Å². The quantitative estimate of drug-likeness (QED) is 0.851. The van der Waals surface area contributed by atoms with Gasteiger partial charge in [0, 0.05) is 25.3 Å². The third-order valence-electron chi connectivity index (χ3n) is 3.72. The maximum atomic E-state index is 12.7. The number of anilines is 2. The Morgan fingerprint density at radius 2 is 2.10 bits per heavy atom. The van der Waals surface area contributed by atoms with E-state index >= 15 is 0 Å². The first kappa shape index (κ1) is 13.4. The van der Waals surface area contributed by atoms with E-state index < -0.39 is 0 Å². The number of para-hydroxylation sites is 1. The second-order valence-electron chi connectivity index (χ2n) is 4.93. The Bertz CT molecular complexity index is 655. The Kier molecular flexibility index (Phi) is 3.48. The molecule has 0 atom stereocenters. The van der Waals surface area contributed by atoms with E-state index in [4.69, 9.17) is 4.74 Å². The van der Waals surface area contributed by atoms with E-state index in [1.54, 1.807) is 36.2 Å². The number of aromatic nitrogens is 1. The average molecular weight is 283 g/mol. The zero-order valence-electron chi connectivity index (χ0n) is 12.1. The van der Waals surface area contributed by atoms with Gasteiger partial charge in [0.25, 0.3) is 0 Å². The molecule has 108 valence electrons. The van der Waals surface area contributed by atoms with Crippen LogP contribution in [0.15, 0.2) is 42.6 Å². The van der Waals surface area contributed by atoms with Crippen molar-refractivity contribution in [3.05, 3.63) is 48.2 Å². The van der Waals surface area contributed by atoms with E-state index in [0.717, 1.165) is 17.8 Å². The third kappa shape index (κ3) is 2.42. The molecular weight excluding hydrogens is 266 g/mol. The van der Waals surface area contributed by atoms with Gasteiger partial charge in [-0.2, -0.15) is 0 Å². The molecule has 1 aromatic carbocycles. The van der Waals surface area contributed by atoms with Gasteiger partial charge in [0.1, 0.15) is 0 Å². The minimum absolute atomic E-state index is 0.0492. The highest BCUT2D eigenvalue weighted by molar-refractivity contribution is 6.04. The summed E-state index contributed by atoms with van der Waals surface area (Å²) in [4.78, 5) is 20.2. The Hall–Kier alpha value is -2.56. The number of hydrogen-bond donors (Lipinski definition) is 0. The average Bonchev–Trinajstić information content (AvgIpc) is 2.97. The molecule has 0 N–H and O–H groups in total. The molecule has 0 saturated carbocycles. The van der Waals surface area contributed by atoms with Crippen molar-refractivity contribution in [3.8, 4) is 5.88 Å². The lowest BCUT2D eigenvalue weighted by Gasteiger charge is -2.25. The molecule has 0 bridgehead atoms. The maximum absolute atomic E-state index is 12.7. The number of carbonyl (C=O) groups is 1. The van der Waals surface area contributed by atoms with Crippen molar-refractivity contribution in [2.75, 3.05) is 30.5 Å². The number of methoxy groups -OCH3 is 1. The summed E-state index contributed by atoms with van der Waals surface area (Å²) in [6.45, 7) is 0.714. The van der Waals surface area contributed by atoms with Gasteiger partial charge in [0.2, 0.25) is 5.88 Å². The van der Waals surface area contributed by atoms with Crippen molar-refractivity contribution < 1.29 is 9.53 Å². The van der Waals surface area contributed by atoms with Crippen LogP contribution >= 0.6 is 0 Å². The SMILES string of the molecule is COc1ccc(N(C)C(=O)N2CCc3ccccc32)cn1. The van der Waals surface area contributed by atoms with E-state index in [2.05, 4.69) is 11.1 Å². The van der Waals surface area contributed by atoms with E-state index in [0.29, 0.717) is 12.4 Å². The fourth-order valence-corrected chi connectivity index (χ4v) is 2.52. The molecule has 5 heteroatoms. The van der Waals surface area contributed by atoms with Gasteiger partial charge >= 0.3 is 6.03 Å². The topological polar surface area (TPSA) is 45.7 Å². The zero-order valence-corrected chi connectivity index (χ0v) is 12.1. The third-order valence-corrected chi connectivity index (χ3v) is 3.72. The second-order valence-corrected chi connectivity index (χ2v) is 4.93. The minimum atomic E-state index is -0.0492. The van der Waals surface area contributed by atoms with E-state index in [1.165, 1.54) is 5.56 Å². The van der Waals surface area contributed by atoms with Crippen LogP contribution in [0.1, 0.15) is 5.56 Å². The fourth-order valence-electron chi connectivity index (χ4n) is 2.52. The first-order chi connectivity index (χ1) is 10.2. The Morgan fingerprint density at radius 3 is 2.81 bits per heavy atom. The summed E-state index contributed by atoms with van der Waals surface area (Å²) in [6, 6.07) is 11.5. The lowest BCUT2D eigenvalue weighted by atomic mass is 10.2. The van der Waals surface area contributed by atoms with Crippen molar-refractivity contribution in [3.63, 3.8) is 0 Å². The highest BCUT2D eigenvalue weighted by Gasteiger charge is 2.27. The first-order valence-corrected chi connectivity index (χ1v) is 6.84. The predicted molar refractivity (Wildman–Crippen MR) is 82.1 cm³/mol. The molecule has 0 saturated heterocycles. The lowest BCUT2D eigenvalue weighted by Crippen LogP contribution is -2.40. The van der Waals surface area contributed by atoms with Gasteiger partial charge in [-0.1, -0.05) is 18.2 Å². The standard InChI is InChI=1S/C16H17N3O2/c1-18(13-7-8-15(21-2)17-11-13)16(20)19-10-9-12-5-3-4-6-14(12)19/h3-8,11H,9-10H2,1-2H3. The monoisotopic (exact) mass is 283 g/mol. The number of nitrogens with zero attached hydrogens (tertiary/aromatic N) is 3. The minimum Gasteiger partial charge on any atom is -0.481 e. The number of carbonyl (C=O) groups excluding carboxylic acids is 1. The van der Waals surface area contributed by atoms with Crippen LogP contribution in [0.5, 0.6) is 5.88 Å². The number of urea groups is 1. The van der Waals surface area contributed by atoms with Crippen molar-refractivity contribution in [2.24, 2.45) is 0 Å². The van der Waals surface area contributed by atoms with Gasteiger partial charge in [-0.15, -0.1) is 0 Å². The number of ether oxygens (including phenoxy) is 1. The van der Waals surface area contributed by atoms with Gasteiger partial charge in [-0.05, 0) is 24.1 Å². The number of benzene rings is 1. The van der Waals surface area contributed by atoms with Crippen LogP contribution in [0, 0.1) is 0 Å². The van der Waals surface area contributed by atoms with Crippen LogP contribution < -0.4 is 14.5 Å². The van der Waals surface area contributed by atoms with Crippen LogP contribution in [-0.4, -0.2) is 31.7 Å². The number of pyridine rings is 1. The van der Waals surface area contributed by atoms with Gasteiger partial charge in [0.15, 0.2) is 0 Å². The highest BCUT2D eigenvalue weighted by atomic mass is 16.5. The molecule has 0 spiro atoms. The molecule has 21 heavy (non-hydrogen) atoms. The normalized spacial score (nSPS) is 13.0. The van der Waals surface area contributed by atoms with Crippen molar-refractivity contribution in [2.45, 2.75) is 6.42 Å². The summed E-state index contributed by atoms with van der Waals surface area (Å²) in [5.74, 6) is 0.533. The van der Waals surface area contributed by atoms with E-state index in [9.17, 15) is 4.79 Å². The Balaban J connectivity index is 1.82. The molecule has 2 amide bonds. The first-order valence-electron chi connectivity index (χ1n) is 6.84. The Morgan fingerprint density at radius 1 is 1.29 bits per heavy atom. The molecule has 1 aliphatic rings. The number of amides is 2. The number of hydrogen-bond acceptors (Lipinski definition) is 3. The van der Waals surface area contributed by atoms with Crippen LogP contribution in [-0.2, 0) is 6.42 Å². The predicted octanol–water partition coefficient (Wildman–Crippen LogP) is 2.71. The summed E-state index contributed by atoms with van der Waals surface area (Å²) < 4.78 is 5.03. The second kappa shape index (κ2) is 5.44. The molecule has 5 nitrogen and oxygen atoms in total. The molecule has 1 aromatic heterocycles. The molecule has 3 rings (SSSR count). The van der Waals surface area contributed by atoms with Crippen LogP contribution in [0.4, 0.5) is 16.2 Å². The van der Waals surface area contributed by atoms with Gasteiger partial charge in [0.05, 0.1) is 19.0 Å². The molecule has 0 unspecified atom stereocenters. The summed E-state index contributed by atoms with van der Waals surface area (Å²) in [5, 5.41) is 0. The zero-order chi connectivity index (χ0) is 14.8. The Labute approximate surface area is 123 Å². The highest BCUT2D eigenvalue weighted by Crippen LogP contribution is 2.29. The smallest absolute Gasteiger partial charge is 0.328 e. The maximum Gasteiger partial charge on any atom is 0.328 e. The van der Waals surface area contributed by atoms with Crippen molar-refractivity contribution in [1.29, 1.82) is 0 Å². The van der Waals surface area contributed by atoms with Crippen LogP contribution in [0.2, 0.25) is 0 Å². The van der Waals surface area contributed by atoms with Crippen molar-refractivity contribution >= 4 is 17.4 Å². The van der Waals surface area contributed by atoms with E-state index in [1.807, 2.05) is 24.3 Å².